The van der Waals surface area contributed by atoms with Crippen molar-refractivity contribution < 1.29 is 19.2 Å². The van der Waals surface area contributed by atoms with Crippen molar-refractivity contribution in [3.05, 3.63) is 34.9 Å². The predicted octanol–water partition coefficient (Wildman–Crippen LogP) is 1.44. The summed E-state index contributed by atoms with van der Waals surface area (Å²) >= 11 is 0. The highest BCUT2D eigenvalue weighted by Gasteiger charge is 2.44. The zero-order valence-electron chi connectivity index (χ0n) is 18.3. The van der Waals surface area contributed by atoms with Gasteiger partial charge in [0.25, 0.3) is 11.8 Å². The minimum atomic E-state index is -0.920. The third-order valence-electron chi connectivity index (χ3n) is 7.46. The molecule has 1 aromatic rings. The number of carbonyl (C=O) groups excluding carboxylic acids is 4. The summed E-state index contributed by atoms with van der Waals surface area (Å²) < 4.78 is 0. The molecule has 4 aliphatic rings. The molecule has 170 valence electrons. The molecule has 0 saturated carbocycles. The maximum Gasteiger partial charge on any atom is 0.262 e. The first-order chi connectivity index (χ1) is 15.5. The second-order valence-corrected chi connectivity index (χ2v) is 9.50. The van der Waals surface area contributed by atoms with Gasteiger partial charge in [-0.25, -0.2) is 0 Å². The number of nitrogens with one attached hydrogen (secondary N) is 2. The minimum Gasteiger partial charge on any atom is -0.314 e. The van der Waals surface area contributed by atoms with Gasteiger partial charge in [-0.2, -0.15) is 0 Å². The number of likely N-dealkylation sites (tertiary alicyclic amines) is 1. The minimum absolute atomic E-state index is 0.126. The van der Waals surface area contributed by atoms with Gasteiger partial charge in [-0.15, -0.1) is 0 Å². The molecule has 32 heavy (non-hydrogen) atoms. The third-order valence-corrected chi connectivity index (χ3v) is 7.46. The lowest BCUT2D eigenvalue weighted by Crippen LogP contribution is -2.54. The number of amides is 4. The number of rotatable bonds is 4. The zero-order chi connectivity index (χ0) is 22.2. The average molecular weight is 439 g/mol. The summed E-state index contributed by atoms with van der Waals surface area (Å²) in [4.78, 5) is 53.0. The number of piperidine rings is 3. The Morgan fingerprint density at radius 3 is 2.41 bits per heavy atom. The number of imide groups is 2. The van der Waals surface area contributed by atoms with Crippen molar-refractivity contribution in [1.29, 1.82) is 0 Å². The van der Waals surface area contributed by atoms with Crippen LogP contribution in [0.5, 0.6) is 0 Å². The smallest absolute Gasteiger partial charge is 0.262 e. The second kappa shape index (κ2) is 8.75. The lowest BCUT2D eigenvalue weighted by molar-refractivity contribution is -0.136. The Morgan fingerprint density at radius 1 is 0.906 bits per heavy atom. The van der Waals surface area contributed by atoms with E-state index in [1.165, 1.54) is 32.1 Å². The molecule has 2 unspecified atom stereocenters. The van der Waals surface area contributed by atoms with Crippen molar-refractivity contribution in [2.45, 2.75) is 63.6 Å². The van der Waals surface area contributed by atoms with Crippen LogP contribution in [0.1, 0.15) is 71.2 Å². The maximum atomic E-state index is 13.0. The lowest BCUT2D eigenvalue weighted by atomic mass is 9.85. The quantitative estimate of drug-likeness (QED) is 0.691. The van der Waals surface area contributed by atoms with Crippen LogP contribution in [0.2, 0.25) is 0 Å². The van der Waals surface area contributed by atoms with Gasteiger partial charge < -0.3 is 5.32 Å². The van der Waals surface area contributed by atoms with Crippen molar-refractivity contribution in [2.75, 3.05) is 19.6 Å². The fourth-order valence-electron chi connectivity index (χ4n) is 5.67. The monoisotopic (exact) mass is 438 g/mol. The molecule has 8 nitrogen and oxygen atoms in total. The molecule has 3 saturated heterocycles. The summed E-state index contributed by atoms with van der Waals surface area (Å²) in [7, 11) is 0. The molecule has 4 heterocycles. The van der Waals surface area contributed by atoms with Gasteiger partial charge >= 0.3 is 0 Å². The van der Waals surface area contributed by atoms with Crippen LogP contribution >= 0.6 is 0 Å². The molecule has 8 heteroatoms. The van der Waals surface area contributed by atoms with Crippen molar-refractivity contribution in [3.63, 3.8) is 0 Å². The van der Waals surface area contributed by atoms with Crippen LogP contribution in [0, 0.1) is 5.92 Å². The van der Waals surface area contributed by atoms with Gasteiger partial charge in [-0.1, -0.05) is 12.5 Å². The fourth-order valence-corrected chi connectivity index (χ4v) is 5.67. The van der Waals surface area contributed by atoms with Crippen LogP contribution in [-0.4, -0.2) is 65.1 Å². The van der Waals surface area contributed by atoms with E-state index in [9.17, 15) is 19.2 Å². The van der Waals surface area contributed by atoms with Crippen molar-refractivity contribution >= 4 is 23.6 Å². The van der Waals surface area contributed by atoms with E-state index in [1.807, 2.05) is 6.07 Å². The first-order valence-electron chi connectivity index (χ1n) is 11.8. The molecule has 0 aromatic heterocycles. The molecule has 4 aliphatic heterocycles. The topological polar surface area (TPSA) is 98.8 Å². The fraction of sp³-hybridized carbons (Fsp3) is 0.583. The van der Waals surface area contributed by atoms with E-state index in [0.29, 0.717) is 17.2 Å². The summed E-state index contributed by atoms with van der Waals surface area (Å²) in [6.07, 6.45) is 6.57. The summed E-state index contributed by atoms with van der Waals surface area (Å²) in [5.74, 6) is -1.09. The molecular formula is C24H30N4O4. The van der Waals surface area contributed by atoms with Crippen LogP contribution in [0.25, 0.3) is 0 Å². The lowest BCUT2D eigenvalue weighted by Gasteiger charge is -2.38. The Bertz CT molecular complexity index is 947. The Kier molecular flexibility index (Phi) is 5.82. The van der Waals surface area contributed by atoms with E-state index in [4.69, 9.17) is 0 Å². The molecule has 0 aliphatic carbocycles. The molecule has 3 fully saturated rings. The summed E-state index contributed by atoms with van der Waals surface area (Å²) in [6, 6.07) is 5.15. The van der Waals surface area contributed by atoms with E-state index in [0.717, 1.165) is 42.6 Å². The molecule has 4 amide bonds. The molecule has 5 rings (SSSR count). The Balaban J connectivity index is 1.23. The van der Waals surface area contributed by atoms with Crippen LogP contribution in [0.3, 0.4) is 0 Å². The van der Waals surface area contributed by atoms with Crippen LogP contribution in [0.15, 0.2) is 18.2 Å². The molecule has 1 aromatic carbocycles. The molecule has 0 radical (unpaired) electrons. The number of nitrogens with zero attached hydrogens (tertiary/aromatic N) is 2. The zero-order valence-corrected chi connectivity index (χ0v) is 18.3. The number of carbonyl (C=O) groups is 4. The first kappa shape index (κ1) is 21.3. The average Bonchev–Trinajstić information content (AvgIpc) is 3.05. The summed E-state index contributed by atoms with van der Waals surface area (Å²) in [5, 5.41) is 5.92. The van der Waals surface area contributed by atoms with Gasteiger partial charge in [0.15, 0.2) is 0 Å². The number of hydrogen-bond acceptors (Lipinski definition) is 6. The van der Waals surface area contributed by atoms with Crippen LogP contribution in [-0.2, 0) is 16.1 Å². The van der Waals surface area contributed by atoms with E-state index in [1.54, 1.807) is 12.1 Å². The number of hydrogen-bond donors (Lipinski definition) is 2. The number of benzene rings is 1. The third kappa shape index (κ3) is 3.97. The molecular weight excluding hydrogens is 408 g/mol. The summed E-state index contributed by atoms with van der Waals surface area (Å²) in [5.41, 5.74) is 1.70. The Labute approximate surface area is 187 Å². The molecule has 0 bridgehead atoms. The maximum absolute atomic E-state index is 13.0. The first-order valence-corrected chi connectivity index (χ1v) is 11.8. The molecule has 2 atom stereocenters. The standard InChI is InChI=1S/C24H30N4O4/c29-21-7-6-20(22(30)26-21)28-23(31)17-5-4-15(13-18(17)24(28)32)14-27-11-8-16(9-12-27)19-3-1-2-10-25-19/h4-5,13,16,19-20,25H,1-3,6-12,14H2,(H,26,29,30). The highest BCUT2D eigenvalue weighted by Crippen LogP contribution is 2.30. The van der Waals surface area contributed by atoms with E-state index < -0.39 is 23.8 Å². The SMILES string of the molecule is O=C1CCC(N2C(=O)c3ccc(CN4CCC(C5CCCCN5)CC4)cc3C2=O)C(=O)N1. The van der Waals surface area contributed by atoms with E-state index >= 15 is 0 Å². The Hall–Kier alpha value is -2.58. The second-order valence-electron chi connectivity index (χ2n) is 9.50. The highest BCUT2D eigenvalue weighted by atomic mass is 16.2. The van der Waals surface area contributed by atoms with E-state index in [2.05, 4.69) is 15.5 Å². The van der Waals surface area contributed by atoms with Crippen molar-refractivity contribution in [3.8, 4) is 0 Å². The Morgan fingerprint density at radius 2 is 1.69 bits per heavy atom. The van der Waals surface area contributed by atoms with Gasteiger partial charge in [-0.05, 0) is 75.4 Å². The predicted molar refractivity (Wildman–Crippen MR) is 117 cm³/mol. The van der Waals surface area contributed by atoms with Crippen molar-refractivity contribution in [2.24, 2.45) is 5.92 Å². The largest absolute Gasteiger partial charge is 0.314 e. The van der Waals surface area contributed by atoms with Crippen LogP contribution < -0.4 is 10.6 Å². The van der Waals surface area contributed by atoms with Crippen molar-refractivity contribution in [1.82, 2.24) is 20.4 Å². The van der Waals surface area contributed by atoms with Gasteiger partial charge in [0.2, 0.25) is 11.8 Å². The van der Waals surface area contributed by atoms with Gasteiger partial charge in [0.1, 0.15) is 6.04 Å². The van der Waals surface area contributed by atoms with E-state index in [-0.39, 0.29) is 18.7 Å². The van der Waals surface area contributed by atoms with Gasteiger partial charge in [0, 0.05) is 19.0 Å². The number of fused-ring (bicyclic) bond motifs is 1. The molecule has 0 spiro atoms. The highest BCUT2D eigenvalue weighted by molar-refractivity contribution is 6.23. The van der Waals surface area contributed by atoms with Gasteiger partial charge in [0.05, 0.1) is 11.1 Å². The van der Waals surface area contributed by atoms with Crippen LogP contribution in [0.4, 0.5) is 0 Å². The summed E-state index contributed by atoms with van der Waals surface area (Å²) in [6.45, 7) is 3.96. The normalized spacial score (nSPS) is 27.6. The molecule has 2 N–H and O–H groups in total. The van der Waals surface area contributed by atoms with Gasteiger partial charge in [-0.3, -0.25) is 34.3 Å².